The minimum Gasteiger partial charge on any atom is -0.462 e. The molecule has 6 aliphatic heterocycles. The van der Waals surface area contributed by atoms with E-state index < -0.39 is 109 Å². The number of esters is 5. The molecule has 29 heteroatoms. The van der Waals surface area contributed by atoms with Crippen LogP contribution in [-0.4, -0.2) is 177 Å². The fraction of sp³-hybridized carbons (Fsp3) is 0.701. The molecule has 6 rings (SSSR count). The van der Waals surface area contributed by atoms with Crippen LogP contribution in [0.25, 0.3) is 0 Å². The smallest absolute Gasteiger partial charge is 0.306 e. The number of carbonyl (C=O) groups is 5. The summed E-state index contributed by atoms with van der Waals surface area (Å²) in [5.41, 5.74) is 12.3. The summed E-state index contributed by atoms with van der Waals surface area (Å²) >= 11 is 18.5. The largest absolute Gasteiger partial charge is 0.462 e. The lowest BCUT2D eigenvalue weighted by Gasteiger charge is -2.32. The van der Waals surface area contributed by atoms with E-state index in [1.807, 2.05) is 13.8 Å². The third-order valence-corrected chi connectivity index (χ3v) is 18.0. The Kier molecular flexibility index (Phi) is 36.2. The van der Waals surface area contributed by atoms with Crippen molar-refractivity contribution in [2.45, 2.75) is 261 Å². The van der Waals surface area contributed by atoms with Gasteiger partial charge in [-0.15, -0.1) is 34.8 Å². The topological polar surface area (TPSA) is 304 Å². The van der Waals surface area contributed by atoms with Gasteiger partial charge in [0, 0.05) is 50.7 Å². The van der Waals surface area contributed by atoms with Crippen molar-refractivity contribution < 1.29 is 80.1 Å². The molecule has 3 saturated heterocycles. The minimum absolute atomic E-state index is 0.135. The van der Waals surface area contributed by atoms with Crippen molar-refractivity contribution in [2.75, 3.05) is 37.5 Å². The van der Waals surface area contributed by atoms with Gasteiger partial charge < -0.3 is 74.9 Å². The molecular formula is C67H103Cl3F3N9O14. The van der Waals surface area contributed by atoms with Gasteiger partial charge in [-0.2, -0.15) is 0 Å². The monoisotopic (exact) mass is 1420 g/mol. The number of ether oxygens (including phenoxy) is 8. The molecule has 3 fully saturated rings. The molecule has 0 radical (unpaired) electrons. The summed E-state index contributed by atoms with van der Waals surface area (Å²) in [5.74, 6) is -2.11. The van der Waals surface area contributed by atoms with Crippen molar-refractivity contribution in [2.24, 2.45) is 32.2 Å². The number of unbranched alkanes of at least 4 members (excludes halogenated alkanes) is 14. The highest BCUT2D eigenvalue weighted by atomic mass is 35.5. The molecule has 0 unspecified atom stereocenters. The highest BCUT2D eigenvalue weighted by Gasteiger charge is 2.63. The maximum absolute atomic E-state index is 15.9. The van der Waals surface area contributed by atoms with Gasteiger partial charge >= 0.3 is 29.8 Å². The zero-order chi connectivity index (χ0) is 71.0. The molecule has 0 aromatic heterocycles. The molecule has 542 valence electrons. The van der Waals surface area contributed by atoms with E-state index >= 15 is 13.2 Å². The van der Waals surface area contributed by atoms with E-state index in [0.29, 0.717) is 32.1 Å². The Bertz CT molecular complexity index is 2750. The second-order valence-electron chi connectivity index (χ2n) is 24.4. The Morgan fingerprint density at radius 3 is 1.00 bits per heavy atom. The number of hydrogen-bond acceptors (Lipinski definition) is 23. The first-order valence-electron chi connectivity index (χ1n) is 33.6. The Balaban J connectivity index is 0.000000309. The number of nitrogens with zero attached hydrogens (tertiary/aromatic N) is 6. The third-order valence-electron chi connectivity index (χ3n) is 16.6. The van der Waals surface area contributed by atoms with Crippen molar-refractivity contribution in [3.8, 4) is 0 Å². The van der Waals surface area contributed by atoms with Crippen LogP contribution in [0.4, 0.5) is 13.2 Å². The summed E-state index contributed by atoms with van der Waals surface area (Å²) in [5, 5.41) is 9.84. The lowest BCUT2D eigenvalue weighted by Crippen LogP contribution is -2.50. The van der Waals surface area contributed by atoms with Gasteiger partial charge in [0.25, 0.3) is 0 Å². The average molecular weight is 1420 g/mol. The van der Waals surface area contributed by atoms with Gasteiger partial charge in [-0.05, 0) is 50.3 Å². The van der Waals surface area contributed by atoms with E-state index in [2.05, 4.69) is 55.5 Å². The molecule has 6 heterocycles. The Hall–Kier alpha value is -5.90. The average Bonchev–Trinajstić information content (AvgIpc) is 1.63. The molecule has 6 aliphatic rings. The Labute approximate surface area is 579 Å². The highest BCUT2D eigenvalue weighted by Crippen LogP contribution is 2.43. The van der Waals surface area contributed by atoms with Crippen molar-refractivity contribution >= 4 is 82.2 Å². The zero-order valence-electron chi connectivity index (χ0n) is 56.4. The van der Waals surface area contributed by atoms with E-state index in [1.165, 1.54) is 51.5 Å². The van der Waals surface area contributed by atoms with Gasteiger partial charge in [0.2, 0.25) is 0 Å². The van der Waals surface area contributed by atoms with Crippen LogP contribution in [0.1, 0.15) is 189 Å². The number of nitrogens with two attached hydrogens (primary N) is 3. The second-order valence-corrected chi connectivity index (χ2v) is 25.2. The lowest BCUT2D eigenvalue weighted by molar-refractivity contribution is -0.175. The zero-order valence-corrected chi connectivity index (χ0v) is 58.7. The lowest BCUT2D eigenvalue weighted by atomic mass is 9.98. The fourth-order valence-electron chi connectivity index (χ4n) is 11.0. The van der Waals surface area contributed by atoms with Crippen LogP contribution in [0.3, 0.4) is 0 Å². The molecule has 0 amide bonds. The standard InChI is InChI=1S/C27H43ClFN3O5.C21H31ClFN3O5.C19H29ClFN3O4/c1-4-6-8-10-12-14-22(33)35-19-27(18-28)25(36-23(34)15-13-11-9-7-5-2)24(29)26(37-27)32-17-16-21(30)31-20(32)3;1-4-6-8-16(27)29-13-21(12-22)19(30-17(28)9-7-5-2)18(23)20(31-21)26-11-10-15(24)25-14(26)3;1-3-4-5-6-7-8-15(26)27-17-16(21)18(28-19(17,11-20)12-25)24-10-9-14(22)23-13(24)2/h16-17,24-26H,3-15,18-19H2,1-2H3,(H2,30,31);10-11,18-20H,3-9,12-13H2,1-2H3,(H2,24,25);9-10,16-18,25H,2-8,11-12H2,1H3,(H2,22,23)/t24-,25+,26-,27-;18-,19+,20-,21-;16-,17+,18-,19-/m111/s1. The van der Waals surface area contributed by atoms with E-state index in [4.69, 9.17) is 89.9 Å². The van der Waals surface area contributed by atoms with Crippen molar-refractivity contribution in [1.29, 1.82) is 0 Å². The van der Waals surface area contributed by atoms with Gasteiger partial charge in [-0.1, -0.05) is 144 Å². The van der Waals surface area contributed by atoms with Crippen LogP contribution in [0.2, 0.25) is 0 Å². The summed E-state index contributed by atoms with van der Waals surface area (Å²) in [6.45, 7) is 20.2. The highest BCUT2D eigenvalue weighted by molar-refractivity contribution is 6.19. The first-order valence-corrected chi connectivity index (χ1v) is 35.2. The van der Waals surface area contributed by atoms with Crippen LogP contribution >= 0.6 is 34.8 Å². The SMILES string of the molecule is C=C1N=C(N)C=CN1[C@@H]1O[C@@](CO)(CCl)[C@@H](OC(=O)CCCCCCC)[C@H]1F.C=C1N=C(N)C=CN1[C@@H]1O[C@](CCl)(COC(=O)CCCC)[C@@H](OC(=O)CCCC)[C@H]1F.C=C1N=C(N)C=CN1[C@@H]1O[C@](CCl)(COC(=O)CCCCCCC)[C@@H](OC(=O)CCCCCCC)[C@H]1F. The summed E-state index contributed by atoms with van der Waals surface area (Å²) in [7, 11) is 0. The molecule has 0 bridgehead atoms. The van der Waals surface area contributed by atoms with Crippen molar-refractivity contribution in [3.63, 3.8) is 0 Å². The molecule has 0 spiro atoms. The van der Waals surface area contributed by atoms with Crippen LogP contribution in [0.15, 0.2) is 89.0 Å². The number of rotatable bonds is 38. The summed E-state index contributed by atoms with van der Waals surface area (Å²) in [6, 6.07) is 0. The molecule has 96 heavy (non-hydrogen) atoms. The van der Waals surface area contributed by atoms with E-state index in [-0.39, 0.29) is 97.9 Å². The van der Waals surface area contributed by atoms with E-state index in [1.54, 1.807) is 0 Å². The summed E-state index contributed by atoms with van der Waals surface area (Å²) in [6.07, 6.45) is 14.1. The number of aliphatic imine (C=N–C) groups is 3. The van der Waals surface area contributed by atoms with Gasteiger partial charge in [0.1, 0.15) is 53.8 Å². The number of hydrogen-bond donors (Lipinski definition) is 4. The predicted molar refractivity (Wildman–Crippen MR) is 363 cm³/mol. The summed E-state index contributed by atoms with van der Waals surface area (Å²) in [4.78, 5) is 77.8. The van der Waals surface area contributed by atoms with E-state index in [0.717, 1.165) is 89.9 Å². The number of alkyl halides is 6. The molecule has 0 aromatic carbocycles. The van der Waals surface area contributed by atoms with Gasteiger partial charge in [0.05, 0.1) is 24.2 Å². The quantitative estimate of drug-likeness (QED) is 0.0193. The predicted octanol–water partition coefficient (Wildman–Crippen LogP) is 11.2. The van der Waals surface area contributed by atoms with Crippen LogP contribution < -0.4 is 17.2 Å². The molecular weight excluding hydrogens is 1320 g/mol. The molecule has 7 N–H and O–H groups in total. The molecule has 23 nitrogen and oxygen atoms in total. The number of carbonyl (C=O) groups excluding carboxylic acids is 5. The number of amidine groups is 3. The van der Waals surface area contributed by atoms with E-state index in [9.17, 15) is 29.1 Å². The molecule has 0 aliphatic carbocycles. The van der Waals surface area contributed by atoms with Gasteiger partial charge in [0.15, 0.2) is 66.7 Å². The second kappa shape index (κ2) is 42.1. The number of aliphatic hydroxyl groups is 1. The Morgan fingerprint density at radius 2 is 0.719 bits per heavy atom. The molecule has 0 aromatic rings. The first kappa shape index (κ1) is 82.5. The van der Waals surface area contributed by atoms with Crippen LogP contribution in [0.5, 0.6) is 0 Å². The maximum Gasteiger partial charge on any atom is 0.306 e. The minimum atomic E-state index is -1.80. The molecule has 12 atom stereocenters. The third kappa shape index (κ3) is 23.9. The van der Waals surface area contributed by atoms with Gasteiger partial charge in [-0.3, -0.25) is 24.0 Å². The summed E-state index contributed by atoms with van der Waals surface area (Å²) < 4.78 is 91.8. The maximum atomic E-state index is 15.9. The van der Waals surface area contributed by atoms with Crippen LogP contribution in [-0.2, 0) is 61.9 Å². The van der Waals surface area contributed by atoms with Crippen molar-refractivity contribution in [1.82, 2.24) is 14.7 Å². The van der Waals surface area contributed by atoms with Crippen molar-refractivity contribution in [3.05, 3.63) is 74.0 Å². The first-order chi connectivity index (χ1) is 45.9. The number of halogens is 6. The Morgan fingerprint density at radius 1 is 0.458 bits per heavy atom. The van der Waals surface area contributed by atoms with Gasteiger partial charge in [-0.25, -0.2) is 28.1 Å². The van der Waals surface area contributed by atoms with Crippen LogP contribution in [0, 0.1) is 0 Å². The normalized spacial score (nSPS) is 27.5. The number of aliphatic hydroxyl groups excluding tert-OH is 1. The fourth-order valence-corrected chi connectivity index (χ4v) is 11.8. The molecule has 0 saturated carbocycles.